The van der Waals surface area contributed by atoms with E-state index in [1.165, 1.54) is 11.1 Å². The zero-order valence-electron chi connectivity index (χ0n) is 17.1. The van der Waals surface area contributed by atoms with E-state index < -0.39 is 0 Å². The lowest BCUT2D eigenvalue weighted by molar-refractivity contribution is 0.0590. The van der Waals surface area contributed by atoms with Gasteiger partial charge in [0, 0.05) is 25.9 Å². The highest BCUT2D eigenvalue weighted by Crippen LogP contribution is 2.23. The Bertz CT molecular complexity index is 826. The van der Waals surface area contributed by atoms with E-state index in [4.69, 9.17) is 4.74 Å². The Hall–Kier alpha value is -2.12. The smallest absolute Gasteiger partial charge is 0.276 e. The molecule has 8 heteroatoms. The number of benzene rings is 1. The van der Waals surface area contributed by atoms with E-state index in [1.54, 1.807) is 0 Å². The molecule has 158 valence electrons. The second-order valence-electron chi connectivity index (χ2n) is 7.92. The second kappa shape index (κ2) is 9.59. The first kappa shape index (κ1) is 21.6. The molecule has 2 saturated heterocycles. The third kappa shape index (κ3) is 5.08. The Morgan fingerprint density at radius 1 is 1.10 bits per heavy atom. The summed E-state index contributed by atoms with van der Waals surface area (Å²) >= 11 is 0. The highest BCUT2D eigenvalue weighted by molar-refractivity contribution is 5.92. The molecule has 0 spiro atoms. The van der Waals surface area contributed by atoms with Gasteiger partial charge in [0.2, 0.25) is 0 Å². The minimum absolute atomic E-state index is 0. The van der Waals surface area contributed by atoms with Crippen LogP contribution in [0.2, 0.25) is 0 Å². The zero-order valence-corrected chi connectivity index (χ0v) is 18.0. The molecule has 2 fully saturated rings. The summed E-state index contributed by atoms with van der Waals surface area (Å²) in [6.45, 7) is 7.55. The number of carbonyl (C=O) groups excluding carboxylic acids is 1. The SMILES string of the molecule is Cc1ccc(OC2CCN(C(=O)c3cn(C4CCNCC4)nn3)CC2)cc1C.Cl. The molecule has 4 rings (SSSR count). The highest BCUT2D eigenvalue weighted by Gasteiger charge is 2.27. The van der Waals surface area contributed by atoms with Gasteiger partial charge in [0.05, 0.1) is 12.2 Å². The van der Waals surface area contributed by atoms with Gasteiger partial charge in [0.25, 0.3) is 5.91 Å². The number of likely N-dealkylation sites (tertiary alicyclic amines) is 1. The summed E-state index contributed by atoms with van der Waals surface area (Å²) in [6.07, 6.45) is 5.69. The Kier molecular flexibility index (Phi) is 7.14. The Labute approximate surface area is 178 Å². The topological polar surface area (TPSA) is 72.3 Å². The van der Waals surface area contributed by atoms with Crippen molar-refractivity contribution in [3.63, 3.8) is 0 Å². The normalized spacial score (nSPS) is 18.3. The Morgan fingerprint density at radius 2 is 1.83 bits per heavy atom. The molecular weight excluding hydrogens is 390 g/mol. The van der Waals surface area contributed by atoms with Gasteiger partial charge in [-0.2, -0.15) is 0 Å². The molecule has 0 atom stereocenters. The van der Waals surface area contributed by atoms with Crippen LogP contribution in [0.3, 0.4) is 0 Å². The highest BCUT2D eigenvalue weighted by atomic mass is 35.5. The van der Waals surface area contributed by atoms with Crippen LogP contribution in [-0.2, 0) is 0 Å². The first-order valence-electron chi connectivity index (χ1n) is 10.3. The van der Waals surface area contributed by atoms with Crippen molar-refractivity contribution in [2.75, 3.05) is 26.2 Å². The molecule has 0 unspecified atom stereocenters. The van der Waals surface area contributed by atoms with Crippen LogP contribution in [-0.4, -0.2) is 58.1 Å². The minimum atomic E-state index is -0.0233. The molecule has 0 radical (unpaired) electrons. The van der Waals surface area contributed by atoms with Crippen molar-refractivity contribution in [3.8, 4) is 5.75 Å². The van der Waals surface area contributed by atoms with Crippen LogP contribution >= 0.6 is 12.4 Å². The van der Waals surface area contributed by atoms with Gasteiger partial charge < -0.3 is 15.0 Å². The van der Waals surface area contributed by atoms with Gasteiger partial charge in [-0.25, -0.2) is 4.68 Å². The fourth-order valence-corrected chi connectivity index (χ4v) is 3.94. The Balaban J connectivity index is 0.00000240. The average Bonchev–Trinajstić information content (AvgIpc) is 3.22. The van der Waals surface area contributed by atoms with Crippen LogP contribution in [0.1, 0.15) is 53.3 Å². The maximum Gasteiger partial charge on any atom is 0.276 e. The van der Waals surface area contributed by atoms with Crippen molar-refractivity contribution in [2.45, 2.75) is 51.7 Å². The van der Waals surface area contributed by atoms with Crippen LogP contribution in [0.5, 0.6) is 5.75 Å². The minimum Gasteiger partial charge on any atom is -0.490 e. The number of nitrogens with one attached hydrogen (secondary N) is 1. The van der Waals surface area contributed by atoms with Crippen molar-refractivity contribution < 1.29 is 9.53 Å². The van der Waals surface area contributed by atoms with E-state index in [-0.39, 0.29) is 24.4 Å². The molecule has 1 N–H and O–H groups in total. The number of halogens is 1. The number of amides is 1. The van der Waals surface area contributed by atoms with E-state index in [9.17, 15) is 4.79 Å². The van der Waals surface area contributed by atoms with Crippen molar-refractivity contribution in [1.29, 1.82) is 0 Å². The van der Waals surface area contributed by atoms with E-state index in [1.807, 2.05) is 21.8 Å². The maximum absolute atomic E-state index is 12.8. The third-order valence-corrected chi connectivity index (χ3v) is 5.92. The number of aryl methyl sites for hydroxylation is 2. The number of ether oxygens (including phenoxy) is 1. The van der Waals surface area contributed by atoms with Gasteiger partial charge in [-0.05, 0) is 63.0 Å². The summed E-state index contributed by atoms with van der Waals surface area (Å²) in [5, 5.41) is 11.7. The molecule has 7 nitrogen and oxygen atoms in total. The van der Waals surface area contributed by atoms with E-state index in [0.717, 1.165) is 44.5 Å². The summed E-state index contributed by atoms with van der Waals surface area (Å²) < 4.78 is 8.00. The molecular formula is C21H30ClN5O2. The Morgan fingerprint density at radius 3 is 2.52 bits per heavy atom. The van der Waals surface area contributed by atoms with Crippen molar-refractivity contribution in [2.24, 2.45) is 0 Å². The summed E-state index contributed by atoms with van der Waals surface area (Å²) in [5.41, 5.74) is 2.96. The van der Waals surface area contributed by atoms with Crippen molar-refractivity contribution >= 4 is 18.3 Å². The molecule has 1 amide bonds. The fourth-order valence-electron chi connectivity index (χ4n) is 3.94. The first-order valence-corrected chi connectivity index (χ1v) is 10.3. The zero-order chi connectivity index (χ0) is 19.5. The molecule has 1 aromatic heterocycles. The number of aromatic nitrogens is 3. The van der Waals surface area contributed by atoms with Crippen molar-refractivity contribution in [3.05, 3.63) is 41.2 Å². The predicted molar refractivity (Wildman–Crippen MR) is 114 cm³/mol. The summed E-state index contributed by atoms with van der Waals surface area (Å²) in [6, 6.07) is 6.55. The molecule has 2 aliphatic rings. The molecule has 2 aliphatic heterocycles. The molecule has 0 bridgehead atoms. The monoisotopic (exact) mass is 419 g/mol. The van der Waals surface area contributed by atoms with E-state index in [0.29, 0.717) is 24.8 Å². The lowest BCUT2D eigenvalue weighted by Gasteiger charge is -2.31. The van der Waals surface area contributed by atoms with Crippen LogP contribution in [0, 0.1) is 13.8 Å². The summed E-state index contributed by atoms with van der Waals surface area (Å²) in [4.78, 5) is 14.7. The largest absolute Gasteiger partial charge is 0.490 e. The van der Waals surface area contributed by atoms with Gasteiger partial charge in [0.15, 0.2) is 5.69 Å². The quantitative estimate of drug-likeness (QED) is 0.824. The average molecular weight is 420 g/mol. The van der Waals surface area contributed by atoms with E-state index in [2.05, 4.69) is 41.6 Å². The van der Waals surface area contributed by atoms with Crippen LogP contribution in [0.15, 0.2) is 24.4 Å². The molecule has 0 aliphatic carbocycles. The number of carbonyl (C=O) groups is 1. The fraction of sp³-hybridized carbons (Fsp3) is 0.571. The summed E-state index contributed by atoms with van der Waals surface area (Å²) in [7, 11) is 0. The van der Waals surface area contributed by atoms with Crippen LogP contribution in [0.25, 0.3) is 0 Å². The van der Waals surface area contributed by atoms with Gasteiger partial charge in [-0.15, -0.1) is 17.5 Å². The molecule has 1 aromatic carbocycles. The van der Waals surface area contributed by atoms with Crippen LogP contribution in [0.4, 0.5) is 0 Å². The maximum atomic E-state index is 12.8. The molecule has 3 heterocycles. The standard InChI is InChI=1S/C21H29N5O2.ClH/c1-15-3-4-19(13-16(15)2)28-18-7-11-25(12-8-18)21(27)20-14-26(24-23-20)17-5-9-22-10-6-17;/h3-4,13-14,17-18,22H,5-12H2,1-2H3;1H. The van der Waals surface area contributed by atoms with Gasteiger partial charge in [-0.3, -0.25) is 4.79 Å². The molecule has 2 aromatic rings. The number of hydrogen-bond donors (Lipinski definition) is 1. The molecule has 29 heavy (non-hydrogen) atoms. The van der Waals surface area contributed by atoms with Crippen molar-refractivity contribution in [1.82, 2.24) is 25.2 Å². The lowest BCUT2D eigenvalue weighted by Crippen LogP contribution is -2.42. The van der Waals surface area contributed by atoms with Gasteiger partial charge in [-0.1, -0.05) is 11.3 Å². The third-order valence-electron chi connectivity index (χ3n) is 5.92. The van der Waals surface area contributed by atoms with Crippen LogP contribution < -0.4 is 10.1 Å². The number of piperidine rings is 2. The second-order valence-corrected chi connectivity index (χ2v) is 7.92. The molecule has 0 saturated carbocycles. The van der Waals surface area contributed by atoms with Gasteiger partial charge >= 0.3 is 0 Å². The number of hydrogen-bond acceptors (Lipinski definition) is 5. The predicted octanol–water partition coefficient (Wildman–Crippen LogP) is 2.92. The van der Waals surface area contributed by atoms with Gasteiger partial charge in [0.1, 0.15) is 11.9 Å². The number of rotatable bonds is 4. The lowest BCUT2D eigenvalue weighted by atomic mass is 10.1. The first-order chi connectivity index (χ1) is 13.6. The van der Waals surface area contributed by atoms with E-state index >= 15 is 0 Å². The number of nitrogens with zero attached hydrogens (tertiary/aromatic N) is 4. The summed E-state index contributed by atoms with van der Waals surface area (Å²) in [5.74, 6) is 0.891.